The number of halogens is 3. The van der Waals surface area contributed by atoms with Gasteiger partial charge in [0.2, 0.25) is 0 Å². The largest absolute Gasteiger partial charge is 0.300 e. The maximum atomic E-state index is 13.0. The second-order valence-electron chi connectivity index (χ2n) is 3.02. The molecule has 80 valence electrons. The van der Waals surface area contributed by atoms with Crippen LogP contribution in [-0.4, -0.2) is 11.6 Å². The summed E-state index contributed by atoms with van der Waals surface area (Å²) in [6.45, 7) is 1.15. The minimum Gasteiger partial charge on any atom is -0.300 e. The van der Waals surface area contributed by atoms with E-state index in [-0.39, 0.29) is 0 Å². The number of benzene rings is 1. The molecule has 2 nitrogen and oxygen atoms in total. The Bertz CT molecular complexity index is 427. The Labute approximate surface area is 83.7 Å². The molecule has 0 radical (unpaired) electrons. The number of carbonyl (C=O) groups excluding carboxylic acids is 2. The van der Waals surface area contributed by atoms with Gasteiger partial charge >= 0.3 is 0 Å². The summed E-state index contributed by atoms with van der Waals surface area (Å²) in [5.74, 6) is -5.96. The van der Waals surface area contributed by atoms with Crippen molar-refractivity contribution in [3.8, 4) is 0 Å². The lowest BCUT2D eigenvalue weighted by Crippen LogP contribution is -2.09. The van der Waals surface area contributed by atoms with Gasteiger partial charge in [0.15, 0.2) is 23.2 Å². The Balaban J connectivity index is 3.11. The van der Waals surface area contributed by atoms with Gasteiger partial charge in [-0.15, -0.1) is 0 Å². The topological polar surface area (TPSA) is 34.1 Å². The Morgan fingerprint density at radius 1 is 1.13 bits per heavy atom. The molecular weight excluding hydrogens is 209 g/mol. The Kier molecular flexibility index (Phi) is 3.24. The van der Waals surface area contributed by atoms with Crippen molar-refractivity contribution in [1.29, 1.82) is 0 Å². The van der Waals surface area contributed by atoms with E-state index >= 15 is 0 Å². The van der Waals surface area contributed by atoms with Gasteiger partial charge in [-0.05, 0) is 19.1 Å². The molecule has 0 aliphatic rings. The number of carbonyl (C=O) groups is 2. The molecule has 5 heteroatoms. The lowest BCUT2D eigenvalue weighted by Gasteiger charge is -2.02. The summed E-state index contributed by atoms with van der Waals surface area (Å²) in [5.41, 5.74) is -0.607. The zero-order chi connectivity index (χ0) is 11.6. The van der Waals surface area contributed by atoms with Crippen molar-refractivity contribution in [1.82, 2.24) is 0 Å². The van der Waals surface area contributed by atoms with Crippen molar-refractivity contribution < 1.29 is 22.8 Å². The van der Waals surface area contributed by atoms with E-state index in [2.05, 4.69) is 0 Å². The van der Waals surface area contributed by atoms with Crippen molar-refractivity contribution in [3.63, 3.8) is 0 Å². The van der Waals surface area contributed by atoms with Gasteiger partial charge in [0.25, 0.3) is 0 Å². The van der Waals surface area contributed by atoms with E-state index in [1.807, 2.05) is 0 Å². The van der Waals surface area contributed by atoms with Gasteiger partial charge in [-0.1, -0.05) is 0 Å². The van der Waals surface area contributed by atoms with E-state index < -0.39 is 41.0 Å². The van der Waals surface area contributed by atoms with Crippen molar-refractivity contribution in [2.45, 2.75) is 13.3 Å². The van der Waals surface area contributed by atoms with Gasteiger partial charge in [0.05, 0.1) is 12.0 Å². The van der Waals surface area contributed by atoms with Crippen LogP contribution in [0.5, 0.6) is 0 Å². The summed E-state index contributed by atoms with van der Waals surface area (Å²) in [6, 6.07) is 1.46. The molecule has 0 atom stereocenters. The fourth-order valence-electron chi connectivity index (χ4n) is 1.06. The molecule has 0 aliphatic heterocycles. The smallest absolute Gasteiger partial charge is 0.195 e. The summed E-state index contributed by atoms with van der Waals surface area (Å²) >= 11 is 0. The normalized spacial score (nSPS) is 10.1. The molecule has 0 bridgehead atoms. The minimum atomic E-state index is -1.70. The summed E-state index contributed by atoms with van der Waals surface area (Å²) < 4.78 is 38.2. The molecule has 15 heavy (non-hydrogen) atoms. The van der Waals surface area contributed by atoms with Crippen LogP contribution in [0.1, 0.15) is 23.7 Å². The van der Waals surface area contributed by atoms with Crippen LogP contribution in [0.3, 0.4) is 0 Å². The number of hydrogen-bond donors (Lipinski definition) is 0. The average molecular weight is 216 g/mol. The van der Waals surface area contributed by atoms with Crippen LogP contribution >= 0.6 is 0 Å². The monoisotopic (exact) mass is 216 g/mol. The molecule has 1 rings (SSSR count). The lowest BCUT2D eigenvalue weighted by atomic mass is 10.1. The molecule has 0 amide bonds. The van der Waals surface area contributed by atoms with Gasteiger partial charge in [-0.2, -0.15) is 0 Å². The highest BCUT2D eigenvalue weighted by atomic mass is 19.2. The predicted molar refractivity (Wildman–Crippen MR) is 45.9 cm³/mol. The van der Waals surface area contributed by atoms with Gasteiger partial charge < -0.3 is 0 Å². The molecule has 0 unspecified atom stereocenters. The Hall–Kier alpha value is -1.65. The summed E-state index contributed by atoms with van der Waals surface area (Å²) in [6.07, 6.45) is -0.526. The third-order valence-electron chi connectivity index (χ3n) is 1.75. The molecule has 0 spiro atoms. The number of rotatable bonds is 3. The maximum Gasteiger partial charge on any atom is 0.195 e. The molecular formula is C10H7F3O2. The molecule has 0 saturated carbocycles. The molecule has 0 aromatic heterocycles. The van der Waals surface area contributed by atoms with Crippen LogP contribution < -0.4 is 0 Å². The van der Waals surface area contributed by atoms with Crippen LogP contribution in [0.25, 0.3) is 0 Å². The lowest BCUT2D eigenvalue weighted by molar-refractivity contribution is -0.116. The Morgan fingerprint density at radius 2 is 1.73 bits per heavy atom. The van der Waals surface area contributed by atoms with Crippen LogP contribution in [0.4, 0.5) is 13.2 Å². The zero-order valence-corrected chi connectivity index (χ0v) is 7.81. The van der Waals surface area contributed by atoms with Crippen molar-refractivity contribution >= 4 is 11.6 Å². The van der Waals surface area contributed by atoms with Gasteiger partial charge in [0.1, 0.15) is 5.78 Å². The number of ketones is 2. The fraction of sp³-hybridized carbons (Fsp3) is 0.200. The first-order chi connectivity index (χ1) is 6.93. The highest BCUT2D eigenvalue weighted by Crippen LogP contribution is 2.16. The van der Waals surface area contributed by atoms with E-state index in [4.69, 9.17) is 0 Å². The van der Waals surface area contributed by atoms with Crippen LogP contribution in [0, 0.1) is 17.5 Å². The molecule has 1 aromatic rings. The second-order valence-corrected chi connectivity index (χ2v) is 3.02. The van der Waals surface area contributed by atoms with Crippen molar-refractivity contribution in [3.05, 3.63) is 35.1 Å². The summed E-state index contributed by atoms with van der Waals surface area (Å²) in [7, 11) is 0. The van der Waals surface area contributed by atoms with E-state index in [1.54, 1.807) is 0 Å². The zero-order valence-electron chi connectivity index (χ0n) is 7.81. The van der Waals surface area contributed by atoms with Gasteiger partial charge in [-0.25, -0.2) is 13.2 Å². The van der Waals surface area contributed by atoms with Crippen LogP contribution in [0.2, 0.25) is 0 Å². The Morgan fingerprint density at radius 3 is 2.27 bits per heavy atom. The third-order valence-corrected chi connectivity index (χ3v) is 1.75. The van der Waals surface area contributed by atoms with E-state index in [0.717, 1.165) is 13.0 Å². The predicted octanol–water partition coefficient (Wildman–Crippen LogP) is 2.27. The summed E-state index contributed by atoms with van der Waals surface area (Å²) in [5, 5.41) is 0. The number of Topliss-reactive ketones (excluding diaryl/α,β-unsaturated/α-hetero) is 2. The highest BCUT2D eigenvalue weighted by Gasteiger charge is 2.19. The van der Waals surface area contributed by atoms with E-state index in [0.29, 0.717) is 6.07 Å². The standard InChI is InChI=1S/C10H7F3O2/c1-5(14)4-8(15)6-2-3-7(11)10(13)9(6)12/h2-3H,4H2,1H3. The molecule has 0 heterocycles. The SMILES string of the molecule is CC(=O)CC(=O)c1ccc(F)c(F)c1F. The second kappa shape index (κ2) is 4.25. The van der Waals surface area contributed by atoms with E-state index in [9.17, 15) is 22.8 Å². The molecule has 0 saturated heterocycles. The van der Waals surface area contributed by atoms with Crippen molar-refractivity contribution in [2.24, 2.45) is 0 Å². The fourth-order valence-corrected chi connectivity index (χ4v) is 1.06. The molecule has 0 aliphatic carbocycles. The van der Waals surface area contributed by atoms with Gasteiger partial charge in [0, 0.05) is 0 Å². The average Bonchev–Trinajstić information content (AvgIpc) is 2.13. The maximum absolute atomic E-state index is 13.0. The van der Waals surface area contributed by atoms with Crippen LogP contribution in [0.15, 0.2) is 12.1 Å². The van der Waals surface area contributed by atoms with Gasteiger partial charge in [-0.3, -0.25) is 9.59 Å². The number of hydrogen-bond acceptors (Lipinski definition) is 2. The first-order valence-corrected chi connectivity index (χ1v) is 4.09. The minimum absolute atomic E-state index is 0.468. The summed E-state index contributed by atoms with van der Waals surface area (Å²) in [4.78, 5) is 21.8. The van der Waals surface area contributed by atoms with Crippen LogP contribution in [-0.2, 0) is 4.79 Å². The molecule has 1 aromatic carbocycles. The molecule has 0 fully saturated rings. The third kappa shape index (κ3) is 2.43. The quantitative estimate of drug-likeness (QED) is 0.441. The first-order valence-electron chi connectivity index (χ1n) is 4.09. The first kappa shape index (κ1) is 11.4. The highest BCUT2D eigenvalue weighted by molar-refractivity contribution is 6.07. The molecule has 0 N–H and O–H groups in total. The van der Waals surface area contributed by atoms with Crippen molar-refractivity contribution in [2.75, 3.05) is 0 Å². The van der Waals surface area contributed by atoms with E-state index in [1.165, 1.54) is 0 Å².